The Morgan fingerprint density at radius 2 is 1.65 bits per heavy atom. The van der Waals surface area contributed by atoms with Gasteiger partial charge in [0.2, 0.25) is 0 Å². The van der Waals surface area contributed by atoms with E-state index in [2.05, 4.69) is 0 Å². The highest BCUT2D eigenvalue weighted by molar-refractivity contribution is 5.97. The number of ether oxygens (including phenoxy) is 1. The minimum atomic E-state index is -1.09. The molecule has 0 aromatic heterocycles. The van der Waals surface area contributed by atoms with Crippen molar-refractivity contribution in [2.75, 3.05) is 7.11 Å². The van der Waals surface area contributed by atoms with Gasteiger partial charge < -0.3 is 14.7 Å². The van der Waals surface area contributed by atoms with E-state index < -0.39 is 29.8 Å². The summed E-state index contributed by atoms with van der Waals surface area (Å²) >= 11 is 0. The number of methoxy groups -OCH3 is 1. The SMILES string of the molecule is COc1ccccc1-c1ccc(C(=O)N2[C@@H](C(=O)O)CC[C@@H]2c2ccccc2F)cc1. The van der Waals surface area contributed by atoms with Crippen molar-refractivity contribution in [3.8, 4) is 16.9 Å². The van der Waals surface area contributed by atoms with E-state index in [9.17, 15) is 19.1 Å². The smallest absolute Gasteiger partial charge is 0.326 e. The van der Waals surface area contributed by atoms with Gasteiger partial charge in [0, 0.05) is 16.7 Å². The molecule has 1 saturated heterocycles. The molecule has 31 heavy (non-hydrogen) atoms. The van der Waals surface area contributed by atoms with Gasteiger partial charge in [-0.3, -0.25) is 4.79 Å². The zero-order chi connectivity index (χ0) is 22.0. The predicted octanol–water partition coefficient (Wildman–Crippen LogP) is 4.93. The van der Waals surface area contributed by atoms with Crippen molar-refractivity contribution in [1.29, 1.82) is 0 Å². The van der Waals surface area contributed by atoms with Crippen LogP contribution in [0.25, 0.3) is 11.1 Å². The molecule has 0 saturated carbocycles. The molecule has 1 fully saturated rings. The number of nitrogens with zero attached hydrogens (tertiary/aromatic N) is 1. The number of halogens is 1. The summed E-state index contributed by atoms with van der Waals surface area (Å²) in [4.78, 5) is 26.5. The number of carboxylic acids is 1. The topological polar surface area (TPSA) is 66.8 Å². The number of para-hydroxylation sites is 1. The molecule has 1 heterocycles. The molecule has 0 bridgehead atoms. The highest BCUT2D eigenvalue weighted by atomic mass is 19.1. The highest BCUT2D eigenvalue weighted by Crippen LogP contribution is 2.39. The average molecular weight is 419 g/mol. The van der Waals surface area contributed by atoms with E-state index in [-0.39, 0.29) is 6.42 Å². The summed E-state index contributed by atoms with van der Waals surface area (Å²) in [7, 11) is 1.60. The number of amides is 1. The Morgan fingerprint density at radius 1 is 0.968 bits per heavy atom. The minimum Gasteiger partial charge on any atom is -0.496 e. The Kier molecular flexibility index (Phi) is 5.71. The summed E-state index contributed by atoms with van der Waals surface area (Å²) in [5.74, 6) is -1.24. The first-order valence-corrected chi connectivity index (χ1v) is 10.0. The molecule has 3 aromatic rings. The van der Waals surface area contributed by atoms with Gasteiger partial charge in [0.25, 0.3) is 5.91 Å². The van der Waals surface area contributed by atoms with Gasteiger partial charge in [-0.2, -0.15) is 0 Å². The maximum atomic E-state index is 14.4. The number of carbonyl (C=O) groups excluding carboxylic acids is 1. The number of benzene rings is 3. The fourth-order valence-corrected chi connectivity index (χ4v) is 4.21. The molecule has 6 heteroatoms. The molecule has 1 aliphatic rings. The molecule has 0 unspecified atom stereocenters. The molecular formula is C25H22FNO4. The van der Waals surface area contributed by atoms with E-state index in [1.165, 1.54) is 11.0 Å². The van der Waals surface area contributed by atoms with Crippen molar-refractivity contribution in [3.63, 3.8) is 0 Å². The van der Waals surface area contributed by atoms with Crippen LogP contribution >= 0.6 is 0 Å². The summed E-state index contributed by atoms with van der Waals surface area (Å²) in [6.45, 7) is 0. The van der Waals surface area contributed by atoms with Crippen LogP contribution in [0.1, 0.15) is 34.8 Å². The van der Waals surface area contributed by atoms with Crippen LogP contribution < -0.4 is 4.74 Å². The fraction of sp³-hybridized carbons (Fsp3) is 0.200. The zero-order valence-corrected chi connectivity index (χ0v) is 17.0. The second-order valence-electron chi connectivity index (χ2n) is 7.46. The summed E-state index contributed by atoms with van der Waals surface area (Å²) < 4.78 is 19.8. The van der Waals surface area contributed by atoms with Gasteiger partial charge in [0.15, 0.2) is 0 Å². The van der Waals surface area contributed by atoms with E-state index in [4.69, 9.17) is 4.74 Å². The van der Waals surface area contributed by atoms with Crippen LogP contribution in [0.15, 0.2) is 72.8 Å². The monoisotopic (exact) mass is 419 g/mol. The van der Waals surface area contributed by atoms with Gasteiger partial charge in [-0.25, -0.2) is 9.18 Å². The van der Waals surface area contributed by atoms with Gasteiger partial charge >= 0.3 is 5.97 Å². The van der Waals surface area contributed by atoms with Gasteiger partial charge in [0.05, 0.1) is 13.2 Å². The van der Waals surface area contributed by atoms with Crippen LogP contribution in [0.4, 0.5) is 4.39 Å². The number of carboxylic acid groups (broad SMARTS) is 1. The predicted molar refractivity (Wildman–Crippen MR) is 114 cm³/mol. The number of likely N-dealkylation sites (tertiary alicyclic amines) is 1. The molecule has 0 aliphatic carbocycles. The average Bonchev–Trinajstić information content (AvgIpc) is 3.24. The molecule has 0 spiro atoms. The molecule has 4 rings (SSSR count). The van der Waals surface area contributed by atoms with Crippen LogP contribution in [0, 0.1) is 5.82 Å². The third-order valence-corrected chi connectivity index (χ3v) is 5.72. The van der Waals surface area contributed by atoms with E-state index in [1.807, 2.05) is 24.3 Å². The second kappa shape index (κ2) is 8.60. The number of aliphatic carboxylic acids is 1. The van der Waals surface area contributed by atoms with E-state index in [0.717, 1.165) is 11.1 Å². The maximum absolute atomic E-state index is 14.4. The lowest BCUT2D eigenvalue weighted by molar-refractivity contribution is -0.141. The molecular weight excluding hydrogens is 397 g/mol. The molecule has 158 valence electrons. The van der Waals surface area contributed by atoms with Gasteiger partial charge in [-0.15, -0.1) is 0 Å². The standard InChI is InChI=1S/C25H22FNO4/c1-31-23-9-5-3-6-18(23)16-10-12-17(13-11-16)24(28)27-21(14-15-22(27)25(29)30)19-7-2-4-8-20(19)26/h2-13,21-22H,14-15H2,1H3,(H,29,30)/t21-,22-/m1/s1. The Hall–Kier alpha value is -3.67. The Bertz CT molecular complexity index is 1110. The molecule has 1 amide bonds. The Labute approximate surface area is 179 Å². The Balaban J connectivity index is 1.67. The first-order chi connectivity index (χ1) is 15.0. The first kappa shape index (κ1) is 20.6. The molecule has 1 aliphatic heterocycles. The quantitative estimate of drug-likeness (QED) is 0.637. The van der Waals surface area contributed by atoms with E-state index >= 15 is 0 Å². The molecule has 0 radical (unpaired) electrons. The second-order valence-corrected chi connectivity index (χ2v) is 7.46. The number of hydrogen-bond donors (Lipinski definition) is 1. The van der Waals surface area contributed by atoms with Gasteiger partial charge in [0.1, 0.15) is 17.6 Å². The number of hydrogen-bond acceptors (Lipinski definition) is 3. The summed E-state index contributed by atoms with van der Waals surface area (Å²) in [6, 6.07) is 19.1. The van der Waals surface area contributed by atoms with Gasteiger partial charge in [-0.05, 0) is 42.7 Å². The Morgan fingerprint density at radius 3 is 2.32 bits per heavy atom. The number of carbonyl (C=O) groups is 2. The van der Waals surface area contributed by atoms with Crippen molar-refractivity contribution in [2.24, 2.45) is 0 Å². The lowest BCUT2D eigenvalue weighted by Crippen LogP contribution is -2.42. The van der Waals surface area contributed by atoms with Crippen LogP contribution in [-0.2, 0) is 4.79 Å². The van der Waals surface area contributed by atoms with E-state index in [1.54, 1.807) is 49.6 Å². The maximum Gasteiger partial charge on any atom is 0.326 e. The largest absolute Gasteiger partial charge is 0.496 e. The van der Waals surface area contributed by atoms with Crippen molar-refractivity contribution in [1.82, 2.24) is 4.90 Å². The minimum absolute atomic E-state index is 0.277. The van der Waals surface area contributed by atoms with Crippen LogP contribution in [0.3, 0.4) is 0 Å². The van der Waals surface area contributed by atoms with Crippen LogP contribution in [-0.4, -0.2) is 35.0 Å². The molecule has 3 aromatic carbocycles. The van der Waals surface area contributed by atoms with Crippen molar-refractivity contribution in [2.45, 2.75) is 24.9 Å². The normalized spacial score (nSPS) is 18.1. The van der Waals surface area contributed by atoms with Crippen molar-refractivity contribution >= 4 is 11.9 Å². The van der Waals surface area contributed by atoms with Crippen molar-refractivity contribution in [3.05, 3.63) is 89.7 Å². The van der Waals surface area contributed by atoms with Crippen LogP contribution in [0.5, 0.6) is 5.75 Å². The third-order valence-electron chi connectivity index (χ3n) is 5.72. The third kappa shape index (κ3) is 3.89. The fourth-order valence-electron chi connectivity index (χ4n) is 4.21. The lowest BCUT2D eigenvalue weighted by Gasteiger charge is -2.29. The van der Waals surface area contributed by atoms with Crippen molar-refractivity contribution < 1.29 is 23.8 Å². The molecule has 1 N–H and O–H groups in total. The van der Waals surface area contributed by atoms with E-state index in [0.29, 0.717) is 23.3 Å². The summed E-state index contributed by atoms with van der Waals surface area (Å²) in [6.07, 6.45) is 0.669. The highest BCUT2D eigenvalue weighted by Gasteiger charge is 2.42. The van der Waals surface area contributed by atoms with Crippen LogP contribution in [0.2, 0.25) is 0 Å². The first-order valence-electron chi connectivity index (χ1n) is 10.0. The summed E-state index contributed by atoms with van der Waals surface area (Å²) in [5, 5.41) is 9.66. The summed E-state index contributed by atoms with van der Waals surface area (Å²) in [5.41, 5.74) is 2.45. The molecule has 5 nitrogen and oxygen atoms in total. The molecule has 2 atom stereocenters. The lowest BCUT2D eigenvalue weighted by atomic mass is 10.0. The zero-order valence-electron chi connectivity index (χ0n) is 17.0. The van der Waals surface area contributed by atoms with Gasteiger partial charge in [-0.1, -0.05) is 48.5 Å². The number of rotatable bonds is 5.